The number of para-hydroxylation sites is 1. The predicted octanol–water partition coefficient (Wildman–Crippen LogP) is 2.99. The molecule has 0 saturated heterocycles. The zero-order valence-electron chi connectivity index (χ0n) is 8.15. The normalized spacial score (nSPS) is 13.0. The van der Waals surface area contributed by atoms with E-state index in [1.807, 2.05) is 31.2 Å². The SMILES string of the molecule is CC(=O)[C@@H](C)c1nc2ccccc2s1. The summed E-state index contributed by atoms with van der Waals surface area (Å²) in [6.07, 6.45) is 0. The number of Topliss-reactive ketones (excluding diaryl/α,β-unsaturated/α-hetero) is 1. The van der Waals surface area contributed by atoms with E-state index in [1.165, 1.54) is 0 Å². The van der Waals surface area contributed by atoms with Crippen molar-refractivity contribution in [2.45, 2.75) is 19.8 Å². The average molecular weight is 205 g/mol. The third-order valence-electron chi connectivity index (χ3n) is 2.29. The van der Waals surface area contributed by atoms with E-state index in [9.17, 15) is 4.79 Å². The molecule has 0 N–H and O–H groups in total. The molecule has 0 fully saturated rings. The van der Waals surface area contributed by atoms with Crippen LogP contribution < -0.4 is 0 Å². The topological polar surface area (TPSA) is 30.0 Å². The van der Waals surface area contributed by atoms with Crippen molar-refractivity contribution < 1.29 is 4.79 Å². The first-order valence-electron chi connectivity index (χ1n) is 4.54. The quantitative estimate of drug-likeness (QED) is 0.754. The van der Waals surface area contributed by atoms with Gasteiger partial charge in [-0.15, -0.1) is 11.3 Å². The van der Waals surface area contributed by atoms with E-state index in [0.717, 1.165) is 15.2 Å². The number of nitrogens with zero attached hydrogens (tertiary/aromatic N) is 1. The lowest BCUT2D eigenvalue weighted by Gasteiger charge is -2.00. The molecule has 0 spiro atoms. The Labute approximate surface area is 86.6 Å². The number of benzene rings is 1. The Bertz CT molecular complexity index is 442. The fraction of sp³-hybridized carbons (Fsp3) is 0.273. The maximum atomic E-state index is 11.2. The third kappa shape index (κ3) is 1.55. The van der Waals surface area contributed by atoms with Crippen LogP contribution in [0.5, 0.6) is 0 Å². The molecule has 3 heteroatoms. The number of rotatable bonds is 2. The van der Waals surface area contributed by atoms with Crippen molar-refractivity contribution in [2.75, 3.05) is 0 Å². The molecule has 0 amide bonds. The van der Waals surface area contributed by atoms with Crippen LogP contribution in [0.25, 0.3) is 10.2 Å². The van der Waals surface area contributed by atoms with Gasteiger partial charge in [0.05, 0.1) is 16.1 Å². The summed E-state index contributed by atoms with van der Waals surface area (Å²) in [7, 11) is 0. The highest BCUT2D eigenvalue weighted by Crippen LogP contribution is 2.27. The largest absolute Gasteiger partial charge is 0.299 e. The van der Waals surface area contributed by atoms with E-state index in [0.29, 0.717) is 0 Å². The molecule has 0 bridgehead atoms. The number of ketones is 1. The molecule has 1 aromatic heterocycles. The van der Waals surface area contributed by atoms with Gasteiger partial charge in [-0.1, -0.05) is 12.1 Å². The first-order chi connectivity index (χ1) is 6.68. The van der Waals surface area contributed by atoms with Crippen molar-refractivity contribution in [3.05, 3.63) is 29.3 Å². The van der Waals surface area contributed by atoms with Gasteiger partial charge in [0, 0.05) is 0 Å². The number of carbonyl (C=O) groups is 1. The number of fused-ring (bicyclic) bond motifs is 1. The van der Waals surface area contributed by atoms with Gasteiger partial charge in [0.2, 0.25) is 0 Å². The molecular weight excluding hydrogens is 194 g/mol. The second-order valence-corrected chi connectivity index (χ2v) is 4.41. The summed E-state index contributed by atoms with van der Waals surface area (Å²) in [4.78, 5) is 15.6. The zero-order valence-corrected chi connectivity index (χ0v) is 8.97. The molecule has 1 atom stereocenters. The van der Waals surface area contributed by atoms with E-state index in [2.05, 4.69) is 4.98 Å². The summed E-state index contributed by atoms with van der Waals surface area (Å²) in [5, 5.41) is 0.915. The lowest BCUT2D eigenvalue weighted by molar-refractivity contribution is -0.118. The highest BCUT2D eigenvalue weighted by Gasteiger charge is 2.14. The highest BCUT2D eigenvalue weighted by atomic mass is 32.1. The van der Waals surface area contributed by atoms with Crippen LogP contribution in [0.4, 0.5) is 0 Å². The van der Waals surface area contributed by atoms with Crippen molar-refractivity contribution in [1.29, 1.82) is 0 Å². The average Bonchev–Trinajstić information content (AvgIpc) is 2.59. The fourth-order valence-corrected chi connectivity index (χ4v) is 2.33. The van der Waals surface area contributed by atoms with Crippen LogP contribution in [0.15, 0.2) is 24.3 Å². The Balaban J connectivity index is 2.50. The maximum Gasteiger partial charge on any atom is 0.139 e. The Morgan fingerprint density at radius 1 is 1.43 bits per heavy atom. The van der Waals surface area contributed by atoms with Crippen LogP contribution in [0, 0.1) is 0 Å². The van der Waals surface area contributed by atoms with E-state index >= 15 is 0 Å². The van der Waals surface area contributed by atoms with Crippen molar-refractivity contribution in [1.82, 2.24) is 4.98 Å². The minimum Gasteiger partial charge on any atom is -0.299 e. The summed E-state index contributed by atoms with van der Waals surface area (Å²) in [6, 6.07) is 7.96. The van der Waals surface area contributed by atoms with Gasteiger partial charge in [-0.2, -0.15) is 0 Å². The van der Waals surface area contributed by atoms with Crippen LogP contribution in [0.1, 0.15) is 24.8 Å². The molecule has 0 aliphatic heterocycles. The van der Waals surface area contributed by atoms with Crippen LogP contribution in [-0.2, 0) is 4.79 Å². The van der Waals surface area contributed by atoms with Gasteiger partial charge in [-0.25, -0.2) is 4.98 Å². The molecule has 0 unspecified atom stereocenters. The van der Waals surface area contributed by atoms with Gasteiger partial charge in [0.1, 0.15) is 10.8 Å². The summed E-state index contributed by atoms with van der Waals surface area (Å²) in [5.74, 6) is 0.0939. The first kappa shape index (κ1) is 9.34. The molecule has 1 aromatic carbocycles. The van der Waals surface area contributed by atoms with E-state index in [-0.39, 0.29) is 11.7 Å². The van der Waals surface area contributed by atoms with Crippen LogP contribution >= 0.6 is 11.3 Å². The van der Waals surface area contributed by atoms with Gasteiger partial charge >= 0.3 is 0 Å². The van der Waals surface area contributed by atoms with Gasteiger partial charge in [-0.3, -0.25) is 4.79 Å². The smallest absolute Gasteiger partial charge is 0.139 e. The zero-order chi connectivity index (χ0) is 10.1. The van der Waals surface area contributed by atoms with Gasteiger partial charge in [-0.05, 0) is 26.0 Å². The lowest BCUT2D eigenvalue weighted by atomic mass is 10.1. The highest BCUT2D eigenvalue weighted by molar-refractivity contribution is 7.18. The third-order valence-corrected chi connectivity index (χ3v) is 3.51. The first-order valence-corrected chi connectivity index (χ1v) is 5.36. The number of hydrogen-bond donors (Lipinski definition) is 0. The second-order valence-electron chi connectivity index (χ2n) is 3.35. The minimum absolute atomic E-state index is 0.0765. The standard InChI is InChI=1S/C11H11NOS/c1-7(8(2)13)11-12-9-5-3-4-6-10(9)14-11/h3-7H,1-2H3/t7-/m1/s1. The second kappa shape index (κ2) is 3.50. The summed E-state index contributed by atoms with van der Waals surface area (Å²) in [5.41, 5.74) is 0.987. The van der Waals surface area contributed by atoms with Crippen molar-refractivity contribution in [2.24, 2.45) is 0 Å². The minimum atomic E-state index is -0.0765. The van der Waals surface area contributed by atoms with Crippen LogP contribution in [0.3, 0.4) is 0 Å². The Hall–Kier alpha value is -1.22. The number of thiazole rings is 1. The van der Waals surface area contributed by atoms with Crippen molar-refractivity contribution in [3.8, 4) is 0 Å². The molecule has 0 aliphatic carbocycles. The Morgan fingerprint density at radius 3 is 2.79 bits per heavy atom. The van der Waals surface area contributed by atoms with Gasteiger partial charge in [0.15, 0.2) is 0 Å². The molecular formula is C11H11NOS. The van der Waals surface area contributed by atoms with Gasteiger partial charge in [0.25, 0.3) is 0 Å². The van der Waals surface area contributed by atoms with Crippen molar-refractivity contribution in [3.63, 3.8) is 0 Å². The summed E-state index contributed by atoms with van der Waals surface area (Å²) in [6.45, 7) is 3.51. The molecule has 0 aliphatic rings. The number of aromatic nitrogens is 1. The fourth-order valence-electron chi connectivity index (χ4n) is 1.25. The van der Waals surface area contributed by atoms with Crippen molar-refractivity contribution >= 4 is 27.3 Å². The predicted molar refractivity (Wildman–Crippen MR) is 58.7 cm³/mol. The van der Waals surface area contributed by atoms with E-state index in [1.54, 1.807) is 18.3 Å². The molecule has 72 valence electrons. The molecule has 2 rings (SSSR count). The lowest BCUT2D eigenvalue weighted by Crippen LogP contribution is -2.03. The maximum absolute atomic E-state index is 11.2. The molecule has 14 heavy (non-hydrogen) atoms. The number of carbonyl (C=O) groups excluding carboxylic acids is 1. The molecule has 1 heterocycles. The Kier molecular flexibility index (Phi) is 2.33. The van der Waals surface area contributed by atoms with Crippen LogP contribution in [0.2, 0.25) is 0 Å². The molecule has 2 nitrogen and oxygen atoms in total. The molecule has 0 saturated carbocycles. The monoisotopic (exact) mass is 205 g/mol. The number of hydrogen-bond acceptors (Lipinski definition) is 3. The van der Waals surface area contributed by atoms with Crippen LogP contribution in [-0.4, -0.2) is 10.8 Å². The molecule has 2 aromatic rings. The summed E-state index contributed by atoms with van der Waals surface area (Å²) >= 11 is 1.60. The summed E-state index contributed by atoms with van der Waals surface area (Å²) < 4.78 is 1.15. The molecule has 0 radical (unpaired) electrons. The van der Waals surface area contributed by atoms with Gasteiger partial charge < -0.3 is 0 Å². The van der Waals surface area contributed by atoms with E-state index < -0.39 is 0 Å². The van der Waals surface area contributed by atoms with E-state index in [4.69, 9.17) is 0 Å². The Morgan fingerprint density at radius 2 is 2.14 bits per heavy atom.